The molecule has 0 saturated carbocycles. The molecule has 6 nitrogen and oxygen atoms in total. The van der Waals surface area contributed by atoms with Crippen molar-refractivity contribution < 1.29 is 13.9 Å². The van der Waals surface area contributed by atoms with Crippen molar-refractivity contribution in [3.8, 4) is 5.75 Å². The number of aromatic nitrogens is 2. The van der Waals surface area contributed by atoms with E-state index in [1.165, 1.54) is 34.9 Å². The predicted octanol–water partition coefficient (Wildman–Crippen LogP) is 4.32. The number of hydrogen-bond donors (Lipinski definition) is 1. The van der Waals surface area contributed by atoms with Crippen molar-refractivity contribution in [3.63, 3.8) is 0 Å². The van der Waals surface area contributed by atoms with Gasteiger partial charge in [-0.15, -0.1) is 0 Å². The van der Waals surface area contributed by atoms with Gasteiger partial charge in [-0.05, 0) is 36.4 Å². The van der Waals surface area contributed by atoms with Crippen LogP contribution in [-0.4, -0.2) is 15.3 Å². The smallest absolute Gasteiger partial charge is 0.258 e. The molecule has 1 N–H and O–H groups in total. The first-order valence-electron chi connectivity index (χ1n) is 8.97. The summed E-state index contributed by atoms with van der Waals surface area (Å²) in [7, 11) is 0. The molecule has 4 rings (SSSR count). The summed E-state index contributed by atoms with van der Waals surface area (Å²) in [6.07, 6.45) is 1.49. The molecule has 0 aliphatic rings. The summed E-state index contributed by atoms with van der Waals surface area (Å²) in [4.78, 5) is 29.1. The van der Waals surface area contributed by atoms with E-state index in [-0.39, 0.29) is 17.7 Å². The van der Waals surface area contributed by atoms with E-state index in [0.29, 0.717) is 27.8 Å². The molecule has 0 unspecified atom stereocenters. The number of pyridine rings is 1. The zero-order chi connectivity index (χ0) is 21.1. The van der Waals surface area contributed by atoms with E-state index in [4.69, 9.17) is 16.3 Å². The third kappa shape index (κ3) is 4.16. The molecule has 2 aromatic carbocycles. The highest BCUT2D eigenvalue weighted by Gasteiger charge is 2.14. The summed E-state index contributed by atoms with van der Waals surface area (Å²) in [5, 5.41) is 3.07. The highest BCUT2D eigenvalue weighted by molar-refractivity contribution is 6.30. The Morgan fingerprint density at radius 2 is 1.87 bits per heavy atom. The second-order valence-electron chi connectivity index (χ2n) is 6.38. The van der Waals surface area contributed by atoms with Crippen LogP contribution in [0.2, 0.25) is 5.02 Å². The summed E-state index contributed by atoms with van der Waals surface area (Å²) in [6, 6.07) is 17.1. The quantitative estimate of drug-likeness (QED) is 0.519. The van der Waals surface area contributed by atoms with Gasteiger partial charge >= 0.3 is 0 Å². The van der Waals surface area contributed by atoms with Crippen molar-refractivity contribution >= 4 is 28.8 Å². The highest BCUT2D eigenvalue weighted by atomic mass is 35.5. The number of nitrogens with zero attached hydrogens (tertiary/aromatic N) is 2. The number of anilines is 1. The van der Waals surface area contributed by atoms with Crippen molar-refractivity contribution in [3.05, 3.63) is 105 Å². The summed E-state index contributed by atoms with van der Waals surface area (Å²) >= 11 is 5.91. The molecule has 0 atom stereocenters. The van der Waals surface area contributed by atoms with Gasteiger partial charge in [0.25, 0.3) is 11.5 Å². The van der Waals surface area contributed by atoms with Gasteiger partial charge in [0.15, 0.2) is 0 Å². The third-order valence-electron chi connectivity index (χ3n) is 4.31. The number of fused-ring (bicyclic) bond motifs is 1. The van der Waals surface area contributed by atoms with Gasteiger partial charge in [0, 0.05) is 12.3 Å². The van der Waals surface area contributed by atoms with Crippen LogP contribution in [0.1, 0.15) is 16.1 Å². The fraction of sp³-hybridized carbons (Fsp3) is 0.0455. The Labute approximate surface area is 175 Å². The van der Waals surface area contributed by atoms with Crippen LogP contribution in [0.25, 0.3) is 5.65 Å². The van der Waals surface area contributed by atoms with Crippen LogP contribution in [0.4, 0.5) is 10.1 Å². The average molecular weight is 424 g/mol. The van der Waals surface area contributed by atoms with Gasteiger partial charge in [-0.2, -0.15) is 0 Å². The van der Waals surface area contributed by atoms with E-state index in [0.717, 1.165) is 0 Å². The first-order valence-corrected chi connectivity index (χ1v) is 9.34. The Morgan fingerprint density at radius 1 is 1.10 bits per heavy atom. The van der Waals surface area contributed by atoms with Crippen molar-refractivity contribution in [2.24, 2.45) is 0 Å². The van der Waals surface area contributed by atoms with E-state index < -0.39 is 11.7 Å². The number of nitrogens with one attached hydrogen (secondary N) is 1. The minimum absolute atomic E-state index is 0.000941. The number of carbonyl (C=O) groups is 1. The molecule has 30 heavy (non-hydrogen) atoms. The summed E-state index contributed by atoms with van der Waals surface area (Å²) in [6.45, 7) is 0.000941. The molecule has 0 bridgehead atoms. The number of hydrogen-bond acceptors (Lipinski definition) is 4. The fourth-order valence-electron chi connectivity index (χ4n) is 2.88. The van der Waals surface area contributed by atoms with Crippen LogP contribution in [-0.2, 0) is 6.61 Å². The number of para-hydroxylation sites is 2. The maximum Gasteiger partial charge on any atom is 0.258 e. The van der Waals surface area contributed by atoms with Crippen LogP contribution in [0.5, 0.6) is 5.75 Å². The lowest BCUT2D eigenvalue weighted by molar-refractivity contribution is 0.102. The molecule has 2 aromatic heterocycles. The molecular formula is C22H15ClFN3O3. The lowest BCUT2D eigenvalue weighted by atomic mass is 10.2. The molecule has 1 amide bonds. The maximum atomic E-state index is 13.9. The van der Waals surface area contributed by atoms with Crippen LogP contribution in [0.3, 0.4) is 0 Å². The molecule has 0 radical (unpaired) electrons. The number of amides is 1. The minimum atomic E-state index is -0.616. The average Bonchev–Trinajstić information content (AvgIpc) is 2.74. The zero-order valence-electron chi connectivity index (χ0n) is 15.5. The molecule has 0 saturated heterocycles. The van der Waals surface area contributed by atoms with Crippen molar-refractivity contribution in [1.29, 1.82) is 0 Å². The van der Waals surface area contributed by atoms with Gasteiger partial charge in [0.1, 0.15) is 23.8 Å². The molecule has 0 aliphatic heterocycles. The number of rotatable bonds is 5. The predicted molar refractivity (Wildman–Crippen MR) is 112 cm³/mol. The van der Waals surface area contributed by atoms with Gasteiger partial charge in [-0.1, -0.05) is 35.9 Å². The number of halogens is 2. The number of benzene rings is 2. The lowest BCUT2D eigenvalue weighted by Gasteiger charge is -2.13. The molecule has 8 heteroatoms. The van der Waals surface area contributed by atoms with E-state index >= 15 is 0 Å². The van der Waals surface area contributed by atoms with Crippen LogP contribution in [0, 0.1) is 5.82 Å². The largest absolute Gasteiger partial charge is 0.485 e. The zero-order valence-corrected chi connectivity index (χ0v) is 16.3. The molecule has 0 spiro atoms. The third-order valence-corrected chi connectivity index (χ3v) is 4.53. The molecular weight excluding hydrogens is 409 g/mol. The second-order valence-corrected chi connectivity index (χ2v) is 6.82. The Hall–Kier alpha value is -3.71. The number of ether oxygens (including phenoxy) is 1. The second kappa shape index (κ2) is 8.34. The van der Waals surface area contributed by atoms with E-state index in [1.807, 2.05) is 0 Å². The number of carbonyl (C=O) groups excluding carboxylic acids is 1. The van der Waals surface area contributed by atoms with Crippen molar-refractivity contribution in [2.45, 2.75) is 6.61 Å². The van der Waals surface area contributed by atoms with E-state index in [2.05, 4.69) is 10.3 Å². The van der Waals surface area contributed by atoms with Gasteiger partial charge < -0.3 is 10.1 Å². The first-order chi connectivity index (χ1) is 14.5. The highest BCUT2D eigenvalue weighted by Crippen LogP contribution is 2.25. The Morgan fingerprint density at radius 3 is 2.70 bits per heavy atom. The van der Waals surface area contributed by atoms with Crippen LogP contribution in [0.15, 0.2) is 77.7 Å². The molecule has 0 aliphatic carbocycles. The summed E-state index contributed by atoms with van der Waals surface area (Å²) in [5.74, 6) is -0.849. The summed E-state index contributed by atoms with van der Waals surface area (Å²) < 4.78 is 21.0. The van der Waals surface area contributed by atoms with Crippen LogP contribution >= 0.6 is 11.6 Å². The van der Waals surface area contributed by atoms with Crippen LogP contribution < -0.4 is 15.6 Å². The topological polar surface area (TPSA) is 72.7 Å². The van der Waals surface area contributed by atoms with Gasteiger partial charge in [-0.3, -0.25) is 14.0 Å². The fourth-order valence-corrected chi connectivity index (χ4v) is 3.04. The molecule has 2 heterocycles. The Balaban J connectivity index is 1.54. The van der Waals surface area contributed by atoms with Crippen molar-refractivity contribution in [2.75, 3.05) is 5.32 Å². The van der Waals surface area contributed by atoms with E-state index in [1.54, 1.807) is 42.5 Å². The van der Waals surface area contributed by atoms with Gasteiger partial charge in [0.2, 0.25) is 0 Å². The molecule has 0 fully saturated rings. The van der Waals surface area contributed by atoms with Gasteiger partial charge in [-0.25, -0.2) is 9.37 Å². The Bertz CT molecular complexity index is 1310. The molecule has 4 aromatic rings. The normalized spacial score (nSPS) is 10.7. The lowest BCUT2D eigenvalue weighted by Crippen LogP contribution is -2.17. The minimum Gasteiger partial charge on any atom is -0.485 e. The van der Waals surface area contributed by atoms with E-state index in [9.17, 15) is 14.0 Å². The maximum absolute atomic E-state index is 13.9. The first kappa shape index (κ1) is 19.6. The van der Waals surface area contributed by atoms with Gasteiger partial charge in [0.05, 0.1) is 22.0 Å². The Kier molecular flexibility index (Phi) is 5.45. The molecule has 150 valence electrons. The SMILES string of the molecule is O=C(Nc1ccccc1OCc1cc(=O)n2cc(Cl)ccc2n1)c1ccccc1F. The summed E-state index contributed by atoms with van der Waals surface area (Å²) in [5.41, 5.74) is 0.858. The standard InChI is InChI=1S/C22H15ClFN3O3/c23-14-9-10-20-25-15(11-21(28)27(20)12-14)13-30-19-8-4-3-7-18(19)26-22(29)16-5-1-2-6-17(16)24/h1-12H,13H2,(H,26,29). The monoisotopic (exact) mass is 423 g/mol. The van der Waals surface area contributed by atoms with Crippen molar-refractivity contribution in [1.82, 2.24) is 9.38 Å².